The van der Waals surface area contributed by atoms with Crippen LogP contribution in [0.25, 0.3) is 0 Å². The van der Waals surface area contributed by atoms with Gasteiger partial charge in [-0.25, -0.2) is 4.21 Å². The molecule has 0 aliphatic heterocycles. The van der Waals surface area contributed by atoms with Crippen molar-refractivity contribution in [2.45, 2.75) is 18.6 Å². The summed E-state index contributed by atoms with van der Waals surface area (Å²) >= 11 is -1.79. The number of rotatable bonds is 1. The molecule has 0 radical (unpaired) electrons. The molecule has 0 bridgehead atoms. The summed E-state index contributed by atoms with van der Waals surface area (Å²) in [5.41, 5.74) is 0. The summed E-state index contributed by atoms with van der Waals surface area (Å²) < 4.78 is 19.3. The van der Waals surface area contributed by atoms with E-state index in [2.05, 4.69) is 0 Å². The van der Waals surface area contributed by atoms with E-state index in [1.165, 1.54) is 0 Å². The zero-order valence-corrected chi connectivity index (χ0v) is 7.47. The van der Waals surface area contributed by atoms with Crippen LogP contribution in [0.3, 0.4) is 0 Å². The largest absolute Gasteiger partial charge is 0.305 e. The Hall–Kier alpha value is -0.410. The van der Waals surface area contributed by atoms with Crippen molar-refractivity contribution in [3.05, 3.63) is 24.3 Å². The van der Waals surface area contributed by atoms with E-state index in [-0.39, 0.29) is 5.92 Å². The predicted molar refractivity (Wildman–Crippen MR) is 46.6 cm³/mol. The van der Waals surface area contributed by atoms with Gasteiger partial charge in [0, 0.05) is 0 Å². The molecule has 0 aromatic heterocycles. The van der Waals surface area contributed by atoms with Gasteiger partial charge < -0.3 is 4.55 Å². The number of hydrogen-bond donors (Lipinski definition) is 1. The molecule has 1 aliphatic carbocycles. The smallest absolute Gasteiger partial charge is 0.163 e. The van der Waals surface area contributed by atoms with Gasteiger partial charge in [-0.1, -0.05) is 31.2 Å². The third-order valence-electron chi connectivity index (χ3n) is 2.22. The second-order valence-corrected chi connectivity index (χ2v) is 4.34. The zero-order chi connectivity index (χ0) is 8.48. The molecule has 3 unspecified atom stereocenters. The van der Waals surface area contributed by atoms with Crippen molar-refractivity contribution in [2.24, 2.45) is 5.92 Å². The van der Waals surface area contributed by atoms with Crippen molar-refractivity contribution in [2.75, 3.05) is 0 Å². The molecule has 1 N–H and O–H groups in total. The van der Waals surface area contributed by atoms with E-state index in [1.807, 2.05) is 25.2 Å². The van der Waals surface area contributed by atoms with E-state index in [1.54, 1.807) is 13.0 Å². The third kappa shape index (κ3) is 1.44. The van der Waals surface area contributed by atoms with Gasteiger partial charge in [0.1, 0.15) is 0 Å². The molecule has 0 saturated carbocycles. The fourth-order valence-corrected chi connectivity index (χ4v) is 1.63. The van der Waals surface area contributed by atoms with Gasteiger partial charge >= 0.3 is 0 Å². The monoisotopic (exact) mass is 172 g/mol. The summed E-state index contributed by atoms with van der Waals surface area (Å²) in [6, 6.07) is 0. The van der Waals surface area contributed by atoms with E-state index in [9.17, 15) is 4.21 Å². The summed E-state index contributed by atoms with van der Waals surface area (Å²) in [5.74, 6) is 0.123. The highest BCUT2D eigenvalue weighted by Crippen LogP contribution is 2.28. The van der Waals surface area contributed by atoms with Crippen LogP contribution in [0.5, 0.6) is 0 Å². The second kappa shape index (κ2) is 2.91. The van der Waals surface area contributed by atoms with Crippen LogP contribution in [0.15, 0.2) is 24.3 Å². The molecule has 0 aromatic carbocycles. The number of hydrogen-bond acceptors (Lipinski definition) is 1. The molecule has 2 nitrogen and oxygen atoms in total. The maximum absolute atomic E-state index is 10.9. The maximum atomic E-state index is 10.9. The quantitative estimate of drug-likeness (QED) is 0.611. The molecule has 11 heavy (non-hydrogen) atoms. The Morgan fingerprint density at radius 3 is 2.55 bits per heavy atom. The Morgan fingerprint density at radius 1 is 1.55 bits per heavy atom. The Kier molecular flexibility index (Phi) is 2.30. The molecule has 0 heterocycles. The SMILES string of the molecule is CC1C=CC=CC1(C)S(=O)O. The summed E-state index contributed by atoms with van der Waals surface area (Å²) in [4.78, 5) is 0. The third-order valence-corrected chi connectivity index (χ3v) is 3.48. The highest BCUT2D eigenvalue weighted by atomic mass is 32.2. The first-order chi connectivity index (χ1) is 5.07. The minimum absolute atomic E-state index is 0.123. The molecular formula is C8H12O2S. The summed E-state index contributed by atoms with van der Waals surface area (Å²) in [6.07, 6.45) is 7.44. The second-order valence-electron chi connectivity index (χ2n) is 2.97. The maximum Gasteiger partial charge on any atom is 0.163 e. The minimum Gasteiger partial charge on any atom is -0.305 e. The first-order valence-electron chi connectivity index (χ1n) is 3.54. The van der Waals surface area contributed by atoms with Gasteiger partial charge in [0.25, 0.3) is 0 Å². The lowest BCUT2D eigenvalue weighted by molar-refractivity contribution is 0.490. The van der Waals surface area contributed by atoms with Crippen molar-refractivity contribution in [3.63, 3.8) is 0 Å². The average Bonchev–Trinajstić information content (AvgIpc) is 1.95. The Labute approximate surface area is 69.3 Å². The fraction of sp³-hybridized carbons (Fsp3) is 0.500. The molecule has 3 atom stereocenters. The highest BCUT2D eigenvalue weighted by molar-refractivity contribution is 7.81. The molecule has 0 fully saturated rings. The molecule has 0 saturated heterocycles. The van der Waals surface area contributed by atoms with Crippen LogP contribution in [0, 0.1) is 5.92 Å². The average molecular weight is 172 g/mol. The van der Waals surface area contributed by atoms with Gasteiger partial charge in [-0.05, 0) is 12.8 Å². The van der Waals surface area contributed by atoms with Gasteiger partial charge in [0.05, 0.1) is 4.75 Å². The Morgan fingerprint density at radius 2 is 2.18 bits per heavy atom. The molecular weight excluding hydrogens is 160 g/mol. The van der Waals surface area contributed by atoms with Crippen molar-refractivity contribution < 1.29 is 8.76 Å². The van der Waals surface area contributed by atoms with Crippen LogP contribution >= 0.6 is 0 Å². The summed E-state index contributed by atoms with van der Waals surface area (Å²) in [7, 11) is 0. The minimum atomic E-state index is -1.79. The lowest BCUT2D eigenvalue weighted by Crippen LogP contribution is -2.35. The van der Waals surface area contributed by atoms with Crippen LogP contribution in [0.1, 0.15) is 13.8 Å². The van der Waals surface area contributed by atoms with Gasteiger partial charge in [0.2, 0.25) is 0 Å². The molecule has 0 amide bonds. The topological polar surface area (TPSA) is 37.3 Å². The van der Waals surface area contributed by atoms with Crippen molar-refractivity contribution in [3.8, 4) is 0 Å². The predicted octanol–water partition coefficient (Wildman–Crippen LogP) is 1.73. The standard InChI is InChI=1S/C8H12O2S/c1-7-5-3-4-6-8(7,2)11(9)10/h3-7H,1-2H3,(H,9,10). The molecule has 1 rings (SSSR count). The lowest BCUT2D eigenvalue weighted by Gasteiger charge is -2.28. The lowest BCUT2D eigenvalue weighted by atomic mass is 9.91. The van der Waals surface area contributed by atoms with Crippen LogP contribution in [0.2, 0.25) is 0 Å². The van der Waals surface area contributed by atoms with E-state index >= 15 is 0 Å². The molecule has 1 aliphatic rings. The summed E-state index contributed by atoms with van der Waals surface area (Å²) in [6.45, 7) is 3.72. The first kappa shape index (κ1) is 8.68. The Balaban J connectivity index is 2.94. The Bertz CT molecular complexity index is 232. The van der Waals surface area contributed by atoms with Crippen LogP contribution in [-0.4, -0.2) is 13.5 Å². The first-order valence-corrected chi connectivity index (χ1v) is 4.65. The van der Waals surface area contributed by atoms with E-state index < -0.39 is 15.8 Å². The van der Waals surface area contributed by atoms with E-state index in [0.717, 1.165) is 0 Å². The van der Waals surface area contributed by atoms with Crippen LogP contribution in [-0.2, 0) is 11.1 Å². The fourth-order valence-electron chi connectivity index (χ4n) is 1.04. The van der Waals surface area contributed by atoms with Crippen LogP contribution < -0.4 is 0 Å². The highest BCUT2D eigenvalue weighted by Gasteiger charge is 2.34. The van der Waals surface area contributed by atoms with Gasteiger partial charge in [-0.2, -0.15) is 0 Å². The number of allylic oxidation sites excluding steroid dienone is 3. The van der Waals surface area contributed by atoms with Gasteiger partial charge in [0.15, 0.2) is 11.1 Å². The molecule has 0 aromatic rings. The normalized spacial score (nSPS) is 39.0. The van der Waals surface area contributed by atoms with Crippen molar-refractivity contribution >= 4 is 11.1 Å². The van der Waals surface area contributed by atoms with Crippen molar-refractivity contribution in [1.29, 1.82) is 0 Å². The van der Waals surface area contributed by atoms with Gasteiger partial charge in [-0.3, -0.25) is 0 Å². The van der Waals surface area contributed by atoms with E-state index in [0.29, 0.717) is 0 Å². The van der Waals surface area contributed by atoms with Gasteiger partial charge in [-0.15, -0.1) is 0 Å². The van der Waals surface area contributed by atoms with E-state index in [4.69, 9.17) is 4.55 Å². The summed E-state index contributed by atoms with van der Waals surface area (Å²) in [5, 5.41) is 0. The molecule has 3 heteroatoms. The molecule has 62 valence electrons. The zero-order valence-electron chi connectivity index (χ0n) is 6.65. The van der Waals surface area contributed by atoms with Crippen LogP contribution in [0.4, 0.5) is 0 Å². The molecule has 0 spiro atoms. The van der Waals surface area contributed by atoms with Crippen molar-refractivity contribution in [1.82, 2.24) is 0 Å².